The van der Waals surface area contributed by atoms with E-state index in [1.54, 1.807) is 43.3 Å². The Morgan fingerprint density at radius 1 is 1.04 bits per heavy atom. The van der Waals surface area contributed by atoms with Crippen LogP contribution >= 0.6 is 0 Å². The number of amides is 1. The maximum Gasteiger partial charge on any atom is 0.238 e. The van der Waals surface area contributed by atoms with E-state index in [9.17, 15) is 22.3 Å². The van der Waals surface area contributed by atoms with Crippen molar-refractivity contribution >= 4 is 50.8 Å². The Balaban J connectivity index is 1.45. The number of nitrogens with one attached hydrogen (secondary N) is 1. The lowest BCUT2D eigenvalue weighted by Gasteiger charge is -2.28. The molecule has 3 aromatic carbocycles. The highest BCUT2D eigenvalue weighted by molar-refractivity contribution is 7.81. The summed E-state index contributed by atoms with van der Waals surface area (Å²) in [6, 6.07) is 14.4. The third kappa shape index (κ3) is 6.97. The summed E-state index contributed by atoms with van der Waals surface area (Å²) >= 11 is -3.04. The number of para-hydroxylation sites is 2. The van der Waals surface area contributed by atoms with Crippen molar-refractivity contribution in [2.24, 2.45) is 0 Å². The van der Waals surface area contributed by atoms with Crippen molar-refractivity contribution < 1.29 is 31.8 Å². The first-order valence-corrected chi connectivity index (χ1v) is 14.6. The Hall–Kier alpha value is -5.21. The molecule has 0 saturated carbocycles. The summed E-state index contributed by atoms with van der Waals surface area (Å²) in [4.78, 5) is 25.4. The van der Waals surface area contributed by atoms with E-state index in [0.717, 1.165) is 12.1 Å². The van der Waals surface area contributed by atoms with Crippen molar-refractivity contribution in [1.29, 1.82) is 0 Å². The summed E-state index contributed by atoms with van der Waals surface area (Å²) in [7, 11) is 1.29. The van der Waals surface area contributed by atoms with Crippen LogP contribution in [0.3, 0.4) is 0 Å². The van der Waals surface area contributed by atoms with E-state index in [-0.39, 0.29) is 30.5 Å². The molecule has 5 rings (SSSR count). The van der Waals surface area contributed by atoms with E-state index in [2.05, 4.69) is 20.3 Å². The molecule has 232 valence electrons. The maximum absolute atomic E-state index is 14.7. The van der Waals surface area contributed by atoms with Gasteiger partial charge in [0.25, 0.3) is 0 Å². The molecule has 5 aromatic rings. The van der Waals surface area contributed by atoms with Gasteiger partial charge in [0.1, 0.15) is 29.1 Å². The zero-order valence-electron chi connectivity index (χ0n) is 24.1. The number of hydrogen-bond donors (Lipinski definition) is 2. The largest absolute Gasteiger partial charge is 0.755 e. The second kappa shape index (κ2) is 13.6. The van der Waals surface area contributed by atoms with Crippen LogP contribution in [-0.2, 0) is 16.1 Å². The third-order valence-corrected chi connectivity index (χ3v) is 7.49. The molecule has 0 aliphatic carbocycles. The number of ether oxygens (including phenoxy) is 2. The number of halogens is 2. The summed E-state index contributed by atoms with van der Waals surface area (Å²) in [5, 5.41) is 3.44. The number of carbonyl (C=O) groups excluding carboxylic acids is 1. The van der Waals surface area contributed by atoms with E-state index < -0.39 is 28.6 Å². The lowest BCUT2D eigenvalue weighted by molar-refractivity contribution is -0.116. The van der Waals surface area contributed by atoms with Crippen molar-refractivity contribution in [2.45, 2.75) is 19.8 Å². The van der Waals surface area contributed by atoms with Crippen LogP contribution in [0.5, 0.6) is 11.6 Å². The van der Waals surface area contributed by atoms with Crippen molar-refractivity contribution in [3.8, 4) is 22.8 Å². The van der Waals surface area contributed by atoms with Gasteiger partial charge in [0.2, 0.25) is 11.8 Å². The van der Waals surface area contributed by atoms with Gasteiger partial charge >= 0.3 is 0 Å². The molecule has 1 atom stereocenters. The Morgan fingerprint density at radius 3 is 2.58 bits per heavy atom. The standard InChI is InChI=1S/C31H28F2N6O5S/c1-18-22-12-19(20-13-27(31(43-2)35-16-20)39(45(41)42)26-10-9-21(32)15-23(26)33)14-28(30(22)37-17-36-18)44-11-5-8-29(40)38-25-7-4-3-6-24(25)34/h3-4,6-7,9-10,12-17H,5,8,11,34H2,1-2H3,(H,38,40)(H,41,42)/p-1. The van der Waals surface area contributed by atoms with Crippen LogP contribution in [0.2, 0.25) is 0 Å². The molecule has 1 unspecified atom stereocenters. The first-order valence-electron chi connectivity index (χ1n) is 13.6. The van der Waals surface area contributed by atoms with Crippen molar-refractivity contribution in [3.63, 3.8) is 0 Å². The molecular weight excluding hydrogens is 606 g/mol. The average Bonchev–Trinajstić information content (AvgIpc) is 3.01. The Labute approximate surface area is 259 Å². The number of benzene rings is 3. The van der Waals surface area contributed by atoms with Crippen molar-refractivity contribution in [1.82, 2.24) is 15.0 Å². The molecule has 0 aliphatic rings. The molecule has 0 bridgehead atoms. The summed E-state index contributed by atoms with van der Waals surface area (Å²) in [5.41, 5.74) is 8.53. The van der Waals surface area contributed by atoms with E-state index >= 15 is 0 Å². The van der Waals surface area contributed by atoms with Crippen molar-refractivity contribution in [2.75, 3.05) is 29.1 Å². The minimum Gasteiger partial charge on any atom is -0.755 e. The lowest BCUT2D eigenvalue weighted by atomic mass is 10.0. The van der Waals surface area contributed by atoms with Gasteiger partial charge in [0, 0.05) is 35.3 Å². The van der Waals surface area contributed by atoms with Gasteiger partial charge in [-0.2, -0.15) is 0 Å². The number of aryl methyl sites for hydroxylation is 1. The fourth-order valence-corrected chi connectivity index (χ4v) is 5.21. The van der Waals surface area contributed by atoms with Crippen LogP contribution in [0.4, 0.5) is 31.5 Å². The molecule has 0 spiro atoms. The number of anilines is 4. The van der Waals surface area contributed by atoms with Gasteiger partial charge in [-0.15, -0.1) is 0 Å². The number of rotatable bonds is 11. The molecule has 0 saturated heterocycles. The smallest absolute Gasteiger partial charge is 0.238 e. The second-order valence-corrected chi connectivity index (χ2v) is 10.6. The number of aromatic nitrogens is 3. The minimum absolute atomic E-state index is 0.109. The van der Waals surface area contributed by atoms with Gasteiger partial charge in [-0.3, -0.25) is 13.3 Å². The summed E-state index contributed by atoms with van der Waals surface area (Å²) in [6.07, 6.45) is 3.43. The van der Waals surface area contributed by atoms with Crippen LogP contribution in [0.1, 0.15) is 18.5 Å². The quantitative estimate of drug-likeness (QED) is 0.107. The molecule has 45 heavy (non-hydrogen) atoms. The Morgan fingerprint density at radius 2 is 1.84 bits per heavy atom. The molecule has 2 heterocycles. The van der Waals surface area contributed by atoms with Crippen LogP contribution in [0, 0.1) is 18.6 Å². The van der Waals surface area contributed by atoms with Gasteiger partial charge in [-0.25, -0.2) is 23.7 Å². The monoisotopic (exact) mass is 633 g/mol. The average molecular weight is 634 g/mol. The predicted molar refractivity (Wildman–Crippen MR) is 166 cm³/mol. The van der Waals surface area contributed by atoms with Gasteiger partial charge in [-0.1, -0.05) is 12.1 Å². The highest BCUT2D eigenvalue weighted by Gasteiger charge is 2.22. The predicted octanol–water partition coefficient (Wildman–Crippen LogP) is 5.60. The summed E-state index contributed by atoms with van der Waals surface area (Å²) < 4.78 is 65.0. The van der Waals surface area contributed by atoms with Crippen LogP contribution in [-0.4, -0.2) is 43.3 Å². The van der Waals surface area contributed by atoms with Crippen LogP contribution < -0.4 is 24.8 Å². The number of nitrogens with two attached hydrogens (primary N) is 1. The Kier molecular flexibility index (Phi) is 9.45. The SMILES string of the molecule is COc1ncc(-c2cc(OCCCC(=O)Nc3ccccc3N)c3ncnc(C)c3c2)cc1N(c1ccc(F)cc1F)S(=O)[O-]. The molecule has 1 amide bonds. The van der Waals surface area contributed by atoms with Gasteiger partial charge in [0.05, 0.1) is 42.0 Å². The van der Waals surface area contributed by atoms with Gasteiger partial charge in [-0.05, 0) is 61.4 Å². The van der Waals surface area contributed by atoms with Gasteiger partial charge in [0.15, 0.2) is 5.82 Å². The number of nitrogen functional groups attached to an aromatic ring is 1. The maximum atomic E-state index is 14.7. The normalized spacial score (nSPS) is 11.7. The molecule has 3 N–H and O–H groups in total. The fraction of sp³-hybridized carbons (Fsp3) is 0.161. The molecule has 0 radical (unpaired) electrons. The fourth-order valence-electron chi connectivity index (χ4n) is 4.61. The summed E-state index contributed by atoms with van der Waals surface area (Å²) in [5.74, 6) is -1.90. The summed E-state index contributed by atoms with van der Waals surface area (Å²) in [6.45, 7) is 1.98. The van der Waals surface area contributed by atoms with Crippen LogP contribution in [0.25, 0.3) is 22.0 Å². The molecule has 0 aliphatic heterocycles. The van der Waals surface area contributed by atoms with E-state index in [0.29, 0.717) is 61.6 Å². The number of pyridine rings is 1. The van der Waals surface area contributed by atoms with Crippen LogP contribution in [0.15, 0.2) is 73.2 Å². The van der Waals surface area contributed by atoms with E-state index in [4.69, 9.17) is 15.2 Å². The number of hydrogen-bond acceptors (Lipinski definition) is 9. The third-order valence-electron chi connectivity index (χ3n) is 6.80. The first kappa shape index (κ1) is 31.2. The zero-order chi connectivity index (χ0) is 32.1. The molecule has 0 fully saturated rings. The number of methoxy groups -OCH3 is 1. The first-order chi connectivity index (χ1) is 21.7. The topological polar surface area (TPSA) is 156 Å². The van der Waals surface area contributed by atoms with Crippen molar-refractivity contribution in [3.05, 3.63) is 90.5 Å². The highest BCUT2D eigenvalue weighted by atomic mass is 32.2. The number of nitrogens with zero attached hydrogens (tertiary/aromatic N) is 4. The minimum atomic E-state index is -3.04. The second-order valence-electron chi connectivity index (χ2n) is 9.78. The Bertz CT molecular complexity index is 1910. The van der Waals surface area contributed by atoms with E-state index in [1.165, 1.54) is 25.7 Å². The number of fused-ring (bicyclic) bond motifs is 1. The lowest BCUT2D eigenvalue weighted by Crippen LogP contribution is -2.22. The number of carbonyl (C=O) groups is 1. The molecule has 11 nitrogen and oxygen atoms in total. The zero-order valence-corrected chi connectivity index (χ0v) is 24.9. The van der Waals surface area contributed by atoms with Gasteiger partial charge < -0.3 is 25.1 Å². The molecule has 2 aromatic heterocycles. The molecular formula is C31H27F2N6O5S-. The molecule has 14 heteroatoms. The van der Waals surface area contributed by atoms with E-state index in [1.807, 2.05) is 0 Å². The highest BCUT2D eigenvalue weighted by Crippen LogP contribution is 2.39.